The number of rotatable bonds is 5. The standard InChI is InChI=1S/C18H15NO4S3/c1-26(21,22)23-15-10-6-5-9-14(15)11-16-17(20)19(18(24)25-16)12-13-7-3-2-4-8-13/h2-11H,12H2,1H3. The van der Waals surface area contributed by atoms with Gasteiger partial charge in [-0.3, -0.25) is 9.69 Å². The van der Waals surface area contributed by atoms with Crippen molar-refractivity contribution in [3.63, 3.8) is 0 Å². The van der Waals surface area contributed by atoms with Gasteiger partial charge in [0.05, 0.1) is 17.7 Å². The molecule has 0 aliphatic carbocycles. The molecule has 0 N–H and O–H groups in total. The molecule has 1 aliphatic rings. The molecule has 1 fully saturated rings. The summed E-state index contributed by atoms with van der Waals surface area (Å²) in [4.78, 5) is 14.7. The van der Waals surface area contributed by atoms with Crippen LogP contribution in [0.5, 0.6) is 5.75 Å². The van der Waals surface area contributed by atoms with E-state index in [1.165, 1.54) is 22.7 Å². The summed E-state index contributed by atoms with van der Waals surface area (Å²) in [5.74, 6) is -0.0404. The van der Waals surface area contributed by atoms with Crippen LogP contribution in [0.2, 0.25) is 0 Å². The monoisotopic (exact) mass is 405 g/mol. The SMILES string of the molecule is CS(=O)(=O)Oc1ccccc1C=C1SC(=S)N(Cc2ccccc2)C1=O. The van der Waals surface area contributed by atoms with Crippen LogP contribution in [0, 0.1) is 0 Å². The van der Waals surface area contributed by atoms with E-state index in [9.17, 15) is 13.2 Å². The van der Waals surface area contributed by atoms with Gasteiger partial charge in [-0.2, -0.15) is 8.42 Å². The van der Waals surface area contributed by atoms with E-state index >= 15 is 0 Å². The molecule has 2 aromatic carbocycles. The lowest BCUT2D eigenvalue weighted by atomic mass is 10.2. The highest BCUT2D eigenvalue weighted by molar-refractivity contribution is 8.26. The lowest BCUT2D eigenvalue weighted by Gasteiger charge is -2.14. The van der Waals surface area contributed by atoms with Gasteiger partial charge in [-0.15, -0.1) is 0 Å². The van der Waals surface area contributed by atoms with Gasteiger partial charge in [-0.1, -0.05) is 72.5 Å². The van der Waals surface area contributed by atoms with Gasteiger partial charge in [0.15, 0.2) is 0 Å². The van der Waals surface area contributed by atoms with Crippen molar-refractivity contribution in [1.82, 2.24) is 4.90 Å². The first-order chi connectivity index (χ1) is 12.3. The Balaban J connectivity index is 1.87. The number of carbonyl (C=O) groups is 1. The zero-order valence-corrected chi connectivity index (χ0v) is 16.2. The molecule has 0 radical (unpaired) electrons. The predicted octanol–water partition coefficient (Wildman–Crippen LogP) is 3.43. The quantitative estimate of drug-likeness (QED) is 0.431. The summed E-state index contributed by atoms with van der Waals surface area (Å²) in [5, 5.41) is 0. The maximum Gasteiger partial charge on any atom is 0.306 e. The zero-order valence-electron chi connectivity index (χ0n) is 13.8. The molecule has 3 rings (SSSR count). The van der Waals surface area contributed by atoms with Crippen LogP contribution in [0.4, 0.5) is 0 Å². The van der Waals surface area contributed by atoms with Gasteiger partial charge < -0.3 is 4.18 Å². The third-order valence-corrected chi connectivity index (χ3v) is 5.36. The Morgan fingerprint density at radius 2 is 1.77 bits per heavy atom. The van der Waals surface area contributed by atoms with Crippen LogP contribution in [0.25, 0.3) is 6.08 Å². The van der Waals surface area contributed by atoms with E-state index in [-0.39, 0.29) is 11.7 Å². The van der Waals surface area contributed by atoms with Gasteiger partial charge in [0.25, 0.3) is 5.91 Å². The first kappa shape index (κ1) is 18.6. The van der Waals surface area contributed by atoms with Crippen molar-refractivity contribution < 1.29 is 17.4 Å². The molecule has 1 saturated heterocycles. The number of para-hydroxylation sites is 1. The van der Waals surface area contributed by atoms with E-state index in [0.29, 0.717) is 21.3 Å². The summed E-state index contributed by atoms with van der Waals surface area (Å²) in [5.41, 5.74) is 1.48. The first-order valence-electron chi connectivity index (χ1n) is 7.61. The van der Waals surface area contributed by atoms with Gasteiger partial charge in [0, 0.05) is 5.56 Å². The number of nitrogens with zero attached hydrogens (tertiary/aromatic N) is 1. The van der Waals surface area contributed by atoms with E-state index in [1.807, 2.05) is 30.3 Å². The molecule has 0 unspecified atom stereocenters. The van der Waals surface area contributed by atoms with Crippen LogP contribution in [-0.4, -0.2) is 29.8 Å². The fraction of sp³-hybridized carbons (Fsp3) is 0.111. The normalized spacial score (nSPS) is 16.3. The van der Waals surface area contributed by atoms with Crippen LogP contribution < -0.4 is 4.18 Å². The molecule has 0 aromatic heterocycles. The van der Waals surface area contributed by atoms with E-state index < -0.39 is 10.1 Å². The number of thiocarbonyl (C=S) groups is 1. The van der Waals surface area contributed by atoms with Gasteiger partial charge in [-0.25, -0.2) is 0 Å². The molecule has 0 spiro atoms. The molecule has 0 atom stereocenters. The van der Waals surface area contributed by atoms with Gasteiger partial charge >= 0.3 is 10.1 Å². The molecule has 0 saturated carbocycles. The molecular weight excluding hydrogens is 390 g/mol. The van der Waals surface area contributed by atoms with Crippen molar-refractivity contribution >= 4 is 50.4 Å². The Morgan fingerprint density at radius 1 is 1.12 bits per heavy atom. The second-order valence-electron chi connectivity index (χ2n) is 5.58. The minimum Gasteiger partial charge on any atom is -0.382 e. The molecular formula is C18H15NO4S3. The number of hydrogen-bond acceptors (Lipinski definition) is 6. The summed E-state index contributed by atoms with van der Waals surface area (Å²) < 4.78 is 28.3. The third kappa shape index (κ3) is 4.51. The van der Waals surface area contributed by atoms with Gasteiger partial charge in [0.2, 0.25) is 0 Å². The van der Waals surface area contributed by atoms with E-state index in [0.717, 1.165) is 11.8 Å². The smallest absolute Gasteiger partial charge is 0.306 e. The highest BCUT2D eigenvalue weighted by atomic mass is 32.2. The Hall–Kier alpha value is -2.16. The van der Waals surface area contributed by atoms with Crippen LogP contribution in [-0.2, 0) is 21.5 Å². The summed E-state index contributed by atoms with van der Waals surface area (Å²) >= 11 is 6.52. The van der Waals surface area contributed by atoms with Crippen molar-refractivity contribution in [2.45, 2.75) is 6.54 Å². The number of amides is 1. The highest BCUT2D eigenvalue weighted by Crippen LogP contribution is 2.35. The summed E-state index contributed by atoms with van der Waals surface area (Å²) in [6.45, 7) is 0.393. The lowest BCUT2D eigenvalue weighted by molar-refractivity contribution is -0.122. The molecule has 1 amide bonds. The zero-order chi connectivity index (χ0) is 18.7. The largest absolute Gasteiger partial charge is 0.382 e. The number of benzene rings is 2. The maximum atomic E-state index is 12.7. The predicted molar refractivity (Wildman–Crippen MR) is 107 cm³/mol. The van der Waals surface area contributed by atoms with Gasteiger partial charge in [-0.05, 0) is 17.7 Å². The summed E-state index contributed by atoms with van der Waals surface area (Å²) in [6, 6.07) is 16.2. The molecule has 1 aliphatic heterocycles. The van der Waals surface area contributed by atoms with Crippen molar-refractivity contribution in [3.8, 4) is 5.75 Å². The maximum absolute atomic E-state index is 12.7. The second kappa shape index (κ2) is 7.61. The first-order valence-corrected chi connectivity index (χ1v) is 10.7. The lowest BCUT2D eigenvalue weighted by Crippen LogP contribution is -2.27. The minimum atomic E-state index is -3.67. The van der Waals surface area contributed by atoms with E-state index in [1.54, 1.807) is 24.3 Å². The van der Waals surface area contributed by atoms with Crippen LogP contribution in [0.15, 0.2) is 59.5 Å². The Kier molecular flexibility index (Phi) is 5.45. The molecule has 5 nitrogen and oxygen atoms in total. The van der Waals surface area contributed by atoms with Crippen LogP contribution >= 0.6 is 24.0 Å². The van der Waals surface area contributed by atoms with Gasteiger partial charge in [0.1, 0.15) is 10.1 Å². The average Bonchev–Trinajstić information content (AvgIpc) is 2.84. The van der Waals surface area contributed by atoms with Crippen molar-refractivity contribution in [2.75, 3.05) is 6.26 Å². The fourth-order valence-electron chi connectivity index (χ4n) is 2.38. The highest BCUT2D eigenvalue weighted by Gasteiger charge is 2.32. The van der Waals surface area contributed by atoms with E-state index in [2.05, 4.69) is 0 Å². The third-order valence-electron chi connectivity index (χ3n) is 3.50. The van der Waals surface area contributed by atoms with E-state index in [4.69, 9.17) is 16.4 Å². The number of thioether (sulfide) groups is 1. The average molecular weight is 406 g/mol. The minimum absolute atomic E-state index is 0.170. The number of carbonyl (C=O) groups excluding carboxylic acids is 1. The van der Waals surface area contributed by atoms with Crippen molar-refractivity contribution in [2.24, 2.45) is 0 Å². The molecule has 8 heteroatoms. The fourth-order valence-corrected chi connectivity index (χ4v) is 4.11. The number of hydrogen-bond donors (Lipinski definition) is 0. The van der Waals surface area contributed by atoms with Crippen LogP contribution in [0.3, 0.4) is 0 Å². The Bertz CT molecular complexity index is 985. The van der Waals surface area contributed by atoms with Crippen LogP contribution in [0.1, 0.15) is 11.1 Å². The molecule has 1 heterocycles. The summed E-state index contributed by atoms with van der Waals surface area (Å²) in [6.07, 6.45) is 2.58. The molecule has 26 heavy (non-hydrogen) atoms. The van der Waals surface area contributed by atoms with Crippen molar-refractivity contribution in [3.05, 3.63) is 70.6 Å². The Labute approximate surface area is 161 Å². The second-order valence-corrected chi connectivity index (χ2v) is 8.83. The molecule has 134 valence electrons. The molecule has 0 bridgehead atoms. The van der Waals surface area contributed by atoms with Crippen molar-refractivity contribution in [1.29, 1.82) is 0 Å². The summed E-state index contributed by atoms with van der Waals surface area (Å²) in [7, 11) is -3.67. The Morgan fingerprint density at radius 3 is 2.46 bits per heavy atom. The molecule has 2 aromatic rings. The topological polar surface area (TPSA) is 63.7 Å².